The lowest BCUT2D eigenvalue weighted by Gasteiger charge is -2.62. The molecule has 0 N–H and O–H groups in total. The minimum Gasteiger partial charge on any atom is -0.462 e. The van der Waals surface area contributed by atoms with E-state index in [2.05, 4.69) is 6.58 Å². The second-order valence-corrected chi connectivity index (χ2v) is 10.8. The van der Waals surface area contributed by atoms with Crippen LogP contribution in [0, 0.1) is 34.0 Å². The van der Waals surface area contributed by atoms with Crippen molar-refractivity contribution in [3.63, 3.8) is 0 Å². The Morgan fingerprint density at radius 2 is 1.78 bits per heavy atom. The molecule has 0 aromatic heterocycles. The lowest BCUT2D eigenvalue weighted by molar-refractivity contribution is -0.258. The normalized spacial score (nSPS) is 45.9. The molecule has 8 atom stereocenters. The minimum atomic E-state index is -1.26. The molecule has 2 aliphatic heterocycles. The van der Waals surface area contributed by atoms with Crippen LogP contribution >= 0.6 is 0 Å². The van der Waals surface area contributed by atoms with Crippen LogP contribution in [-0.4, -0.2) is 48.8 Å². The van der Waals surface area contributed by atoms with E-state index in [1.54, 1.807) is 0 Å². The lowest BCUT2D eigenvalue weighted by atomic mass is 9.43. The monoisotopic (exact) mass is 446 g/mol. The third-order valence-electron chi connectivity index (χ3n) is 9.02. The van der Waals surface area contributed by atoms with Crippen LogP contribution in [0.2, 0.25) is 0 Å². The highest BCUT2D eigenvalue weighted by molar-refractivity contribution is 6.15. The zero-order chi connectivity index (χ0) is 23.2. The van der Waals surface area contributed by atoms with Gasteiger partial charge >= 0.3 is 17.9 Å². The molecular formula is C24H30O8. The van der Waals surface area contributed by atoms with Crippen molar-refractivity contribution in [3.8, 4) is 0 Å². The molecule has 5 fully saturated rings. The van der Waals surface area contributed by atoms with Crippen LogP contribution in [0.3, 0.4) is 0 Å². The third-order valence-corrected chi connectivity index (χ3v) is 9.02. The number of allylic oxidation sites excluding steroid dienone is 1. The largest absolute Gasteiger partial charge is 0.462 e. The Labute approximate surface area is 187 Å². The van der Waals surface area contributed by atoms with E-state index in [1.165, 1.54) is 13.8 Å². The fraction of sp³-hybridized carbons (Fsp3) is 0.750. The summed E-state index contributed by atoms with van der Waals surface area (Å²) in [5.41, 5.74) is -2.12. The summed E-state index contributed by atoms with van der Waals surface area (Å²) in [7, 11) is 0. The minimum absolute atomic E-state index is 0.00492. The number of Topliss-reactive ketones (excluding diaryl/α,β-unsaturated/α-hetero) is 1. The van der Waals surface area contributed by atoms with Gasteiger partial charge in [0, 0.05) is 37.0 Å². The molecule has 0 aromatic carbocycles. The van der Waals surface area contributed by atoms with E-state index in [0.717, 1.165) is 6.42 Å². The first kappa shape index (κ1) is 21.6. The molecule has 5 aliphatic rings. The molecule has 3 saturated carbocycles. The van der Waals surface area contributed by atoms with Crippen molar-refractivity contribution in [3.05, 3.63) is 12.2 Å². The second-order valence-electron chi connectivity index (χ2n) is 10.8. The lowest BCUT2D eigenvalue weighted by Crippen LogP contribution is -2.70. The fourth-order valence-corrected chi connectivity index (χ4v) is 7.83. The van der Waals surface area contributed by atoms with Crippen molar-refractivity contribution < 1.29 is 38.1 Å². The van der Waals surface area contributed by atoms with Gasteiger partial charge in [-0.25, -0.2) is 0 Å². The summed E-state index contributed by atoms with van der Waals surface area (Å²) in [6, 6.07) is 0. The summed E-state index contributed by atoms with van der Waals surface area (Å²) in [5.74, 6) is -2.36. The number of carbonyl (C=O) groups excluding carboxylic acids is 4. The summed E-state index contributed by atoms with van der Waals surface area (Å²) in [5, 5.41) is 0. The Hall–Kier alpha value is -2.22. The van der Waals surface area contributed by atoms with E-state index >= 15 is 0 Å². The first-order chi connectivity index (χ1) is 15.0. The highest BCUT2D eigenvalue weighted by Crippen LogP contribution is 2.71. The van der Waals surface area contributed by atoms with Gasteiger partial charge in [-0.3, -0.25) is 19.2 Å². The van der Waals surface area contributed by atoms with Gasteiger partial charge in [0.1, 0.15) is 17.6 Å². The predicted octanol–water partition coefficient (Wildman–Crippen LogP) is 2.34. The Morgan fingerprint density at radius 3 is 2.44 bits per heavy atom. The topological polar surface area (TPSA) is 105 Å². The molecule has 0 amide bonds. The SMILES string of the molecule is C=C1C(=O)[C@]23C[C@H]1CC[C@H]2[C@@]12CO[C@@H](OC(C)=O)[C@@H]1C(C)(C)[C@@H](OC(C)=O)C[C@@H]2OC3=O. The Kier molecular flexibility index (Phi) is 4.49. The number of ketones is 1. The number of carbonyl (C=O) groups is 4. The Bertz CT molecular complexity index is 936. The molecule has 0 aromatic rings. The van der Waals surface area contributed by atoms with Gasteiger partial charge in [0.15, 0.2) is 5.78 Å². The van der Waals surface area contributed by atoms with Gasteiger partial charge in [-0.1, -0.05) is 20.4 Å². The van der Waals surface area contributed by atoms with Crippen molar-refractivity contribution in [2.45, 2.75) is 71.9 Å². The zero-order valence-corrected chi connectivity index (χ0v) is 19.0. The smallest absolute Gasteiger partial charge is 0.320 e. The number of hydrogen-bond acceptors (Lipinski definition) is 8. The van der Waals surface area contributed by atoms with Crippen LogP contribution in [0.4, 0.5) is 0 Å². The first-order valence-corrected chi connectivity index (χ1v) is 11.4. The van der Waals surface area contributed by atoms with E-state index in [-0.39, 0.29) is 24.2 Å². The molecule has 2 spiro atoms. The molecule has 2 heterocycles. The maximum atomic E-state index is 13.4. The molecule has 0 radical (unpaired) electrons. The van der Waals surface area contributed by atoms with Crippen molar-refractivity contribution in [1.82, 2.24) is 0 Å². The van der Waals surface area contributed by atoms with Gasteiger partial charge in [0.2, 0.25) is 6.29 Å². The van der Waals surface area contributed by atoms with E-state index in [4.69, 9.17) is 18.9 Å². The fourth-order valence-electron chi connectivity index (χ4n) is 7.83. The molecule has 174 valence electrons. The van der Waals surface area contributed by atoms with E-state index in [1.807, 2.05) is 13.8 Å². The van der Waals surface area contributed by atoms with Gasteiger partial charge in [-0.15, -0.1) is 0 Å². The summed E-state index contributed by atoms with van der Waals surface area (Å²) in [4.78, 5) is 50.7. The van der Waals surface area contributed by atoms with Gasteiger partial charge in [-0.05, 0) is 36.7 Å². The van der Waals surface area contributed by atoms with E-state index in [0.29, 0.717) is 24.8 Å². The summed E-state index contributed by atoms with van der Waals surface area (Å²) >= 11 is 0. The summed E-state index contributed by atoms with van der Waals surface area (Å²) in [6.45, 7) is 10.8. The average molecular weight is 446 g/mol. The molecule has 5 rings (SSSR count). The van der Waals surface area contributed by atoms with Crippen LogP contribution in [0.1, 0.15) is 53.4 Å². The van der Waals surface area contributed by atoms with Crippen LogP contribution in [0.25, 0.3) is 0 Å². The van der Waals surface area contributed by atoms with Gasteiger partial charge in [0.25, 0.3) is 0 Å². The van der Waals surface area contributed by atoms with Crippen molar-refractivity contribution in [2.24, 2.45) is 34.0 Å². The summed E-state index contributed by atoms with van der Waals surface area (Å²) < 4.78 is 23.4. The molecule has 3 aliphatic carbocycles. The quantitative estimate of drug-likeness (QED) is 0.275. The highest BCUT2D eigenvalue weighted by Gasteiger charge is 2.79. The Balaban J connectivity index is 1.67. The molecule has 2 saturated heterocycles. The van der Waals surface area contributed by atoms with E-state index < -0.39 is 58.6 Å². The summed E-state index contributed by atoms with van der Waals surface area (Å²) in [6.07, 6.45) is 0.133. The Morgan fingerprint density at radius 1 is 1.09 bits per heavy atom. The van der Waals surface area contributed by atoms with Crippen LogP contribution in [0.15, 0.2) is 12.2 Å². The molecule has 8 heteroatoms. The highest BCUT2D eigenvalue weighted by atomic mass is 16.7. The molecule has 32 heavy (non-hydrogen) atoms. The maximum Gasteiger partial charge on any atom is 0.320 e. The number of hydrogen-bond donors (Lipinski definition) is 0. The second kappa shape index (κ2) is 6.65. The third kappa shape index (κ3) is 2.47. The molecule has 2 bridgehead atoms. The number of rotatable bonds is 2. The van der Waals surface area contributed by atoms with Crippen molar-refractivity contribution in [2.75, 3.05) is 6.61 Å². The molecule has 8 nitrogen and oxygen atoms in total. The van der Waals surface area contributed by atoms with Crippen molar-refractivity contribution >= 4 is 23.7 Å². The standard InChI is InChI=1S/C24H30O8/c1-11-14-6-7-15-23(9-14,19(11)27)21(28)32-17-8-16(30-12(2)25)22(4,5)18-20(31-13(3)26)29-10-24(15,17)18/h14-18,20H,1,6-10H2,2-5H3/t14-,15-,16+,17+,18-,20+,23+,24-/m1/s1. The first-order valence-electron chi connectivity index (χ1n) is 11.4. The van der Waals surface area contributed by atoms with Crippen molar-refractivity contribution in [1.29, 1.82) is 0 Å². The number of esters is 3. The van der Waals surface area contributed by atoms with Crippen LogP contribution < -0.4 is 0 Å². The number of ether oxygens (including phenoxy) is 4. The number of fused-ring (bicyclic) bond motifs is 1. The zero-order valence-electron chi connectivity index (χ0n) is 19.0. The molecule has 0 unspecified atom stereocenters. The van der Waals surface area contributed by atoms with Gasteiger partial charge in [0.05, 0.1) is 6.61 Å². The molecular weight excluding hydrogens is 416 g/mol. The average Bonchev–Trinajstić information content (AvgIpc) is 3.16. The van der Waals surface area contributed by atoms with Gasteiger partial charge in [-0.2, -0.15) is 0 Å². The van der Waals surface area contributed by atoms with E-state index in [9.17, 15) is 19.2 Å². The maximum absolute atomic E-state index is 13.4. The predicted molar refractivity (Wildman–Crippen MR) is 109 cm³/mol. The van der Waals surface area contributed by atoms with Crippen LogP contribution in [0.5, 0.6) is 0 Å². The van der Waals surface area contributed by atoms with Crippen LogP contribution in [-0.2, 0) is 38.1 Å². The van der Waals surface area contributed by atoms with Gasteiger partial charge < -0.3 is 18.9 Å².